The second-order valence-electron chi connectivity index (χ2n) is 4.72. The first-order valence-corrected chi connectivity index (χ1v) is 5.96. The van der Waals surface area contributed by atoms with Crippen molar-refractivity contribution >= 4 is 10.8 Å². The predicted octanol–water partition coefficient (Wildman–Crippen LogP) is 2.04. The lowest BCUT2D eigenvalue weighted by atomic mass is 9.96. The molecule has 2 unspecified atom stereocenters. The molecule has 0 aliphatic heterocycles. The number of nitrogens with zero attached hydrogens (tertiary/aromatic N) is 1. The molecule has 1 saturated carbocycles. The molecule has 1 fully saturated rings. The summed E-state index contributed by atoms with van der Waals surface area (Å²) >= 11 is 0. The van der Waals surface area contributed by atoms with Gasteiger partial charge in [0.2, 0.25) is 0 Å². The monoisotopic (exact) mass is 229 g/mol. The molecular weight excluding hydrogens is 214 g/mol. The van der Waals surface area contributed by atoms with Crippen LogP contribution in [0, 0.1) is 5.92 Å². The van der Waals surface area contributed by atoms with Gasteiger partial charge in [-0.25, -0.2) is 0 Å². The summed E-state index contributed by atoms with van der Waals surface area (Å²) in [5.74, 6) is 0.266. The second-order valence-corrected chi connectivity index (χ2v) is 4.72. The Labute approximate surface area is 99.7 Å². The van der Waals surface area contributed by atoms with Crippen molar-refractivity contribution in [1.29, 1.82) is 0 Å². The zero-order valence-electron chi connectivity index (χ0n) is 9.45. The van der Waals surface area contributed by atoms with Crippen molar-refractivity contribution in [3.8, 4) is 0 Å². The molecule has 3 nitrogen and oxygen atoms in total. The van der Waals surface area contributed by atoms with Crippen molar-refractivity contribution in [3.05, 3.63) is 42.2 Å². The third-order valence-corrected chi connectivity index (χ3v) is 3.46. The number of rotatable bonds is 3. The molecule has 1 heterocycles. The zero-order valence-corrected chi connectivity index (χ0v) is 9.45. The van der Waals surface area contributed by atoms with E-state index >= 15 is 0 Å². The highest BCUT2D eigenvalue weighted by atomic mass is 16.3. The molecule has 1 aromatic carbocycles. The predicted molar refractivity (Wildman–Crippen MR) is 65.4 cm³/mol. The third kappa shape index (κ3) is 1.92. The molecule has 0 spiro atoms. The molecule has 0 radical (unpaired) electrons. The van der Waals surface area contributed by atoms with E-state index < -0.39 is 12.2 Å². The Hall–Kier alpha value is -1.45. The van der Waals surface area contributed by atoms with Gasteiger partial charge in [-0.2, -0.15) is 0 Å². The third-order valence-electron chi connectivity index (χ3n) is 3.46. The van der Waals surface area contributed by atoms with Gasteiger partial charge in [0.05, 0.1) is 6.10 Å². The fourth-order valence-electron chi connectivity index (χ4n) is 2.29. The van der Waals surface area contributed by atoms with Gasteiger partial charge in [0.25, 0.3) is 0 Å². The molecule has 17 heavy (non-hydrogen) atoms. The molecule has 2 N–H and O–H groups in total. The number of hydrogen-bond donors (Lipinski definition) is 2. The molecule has 3 rings (SSSR count). The fourth-order valence-corrected chi connectivity index (χ4v) is 2.29. The van der Waals surface area contributed by atoms with E-state index in [4.69, 9.17) is 0 Å². The summed E-state index contributed by atoms with van der Waals surface area (Å²) in [5, 5.41) is 22.2. The fraction of sp³-hybridized carbons (Fsp3) is 0.357. The van der Waals surface area contributed by atoms with Crippen LogP contribution in [-0.4, -0.2) is 21.3 Å². The van der Waals surface area contributed by atoms with Gasteiger partial charge in [0.15, 0.2) is 0 Å². The van der Waals surface area contributed by atoms with Gasteiger partial charge in [0.1, 0.15) is 6.10 Å². The lowest BCUT2D eigenvalue weighted by molar-refractivity contribution is 0.00568. The van der Waals surface area contributed by atoms with Crippen molar-refractivity contribution in [3.63, 3.8) is 0 Å². The normalized spacial score (nSPS) is 19.2. The van der Waals surface area contributed by atoms with E-state index in [0.717, 1.165) is 29.2 Å². The first-order chi connectivity index (χ1) is 8.27. The molecule has 1 aromatic heterocycles. The van der Waals surface area contributed by atoms with E-state index in [1.54, 1.807) is 12.4 Å². The van der Waals surface area contributed by atoms with Crippen LogP contribution in [-0.2, 0) is 0 Å². The van der Waals surface area contributed by atoms with Gasteiger partial charge in [-0.3, -0.25) is 4.98 Å². The molecule has 0 bridgehead atoms. The number of fused-ring (bicyclic) bond motifs is 1. The Kier molecular flexibility index (Phi) is 2.57. The minimum atomic E-state index is -0.798. The van der Waals surface area contributed by atoms with Crippen LogP contribution >= 0.6 is 0 Å². The highest BCUT2D eigenvalue weighted by Crippen LogP contribution is 2.39. The Morgan fingerprint density at radius 3 is 2.76 bits per heavy atom. The smallest absolute Gasteiger partial charge is 0.106 e. The second kappa shape index (κ2) is 4.09. The summed E-state index contributed by atoms with van der Waals surface area (Å²) in [6, 6.07) is 7.61. The maximum Gasteiger partial charge on any atom is 0.106 e. The first kappa shape index (κ1) is 10.7. The van der Waals surface area contributed by atoms with E-state index in [0.29, 0.717) is 0 Å². The SMILES string of the molecule is OC(c1cccc2cnccc12)C(O)C1CC1. The van der Waals surface area contributed by atoms with Gasteiger partial charge < -0.3 is 10.2 Å². The number of aromatic nitrogens is 1. The molecule has 1 aliphatic rings. The average Bonchev–Trinajstić information content (AvgIpc) is 3.20. The van der Waals surface area contributed by atoms with Crippen LogP contribution in [0.15, 0.2) is 36.7 Å². The Morgan fingerprint density at radius 1 is 1.18 bits per heavy atom. The van der Waals surface area contributed by atoms with E-state index in [1.165, 1.54) is 0 Å². The van der Waals surface area contributed by atoms with Crippen molar-refractivity contribution in [2.24, 2.45) is 5.92 Å². The number of aliphatic hydroxyl groups is 2. The standard InChI is InChI=1S/C14H15NO2/c16-13(9-4-5-9)14(17)12-3-1-2-10-8-15-7-6-11(10)12/h1-3,6-9,13-14,16-17H,4-5H2. The summed E-state index contributed by atoms with van der Waals surface area (Å²) in [7, 11) is 0. The van der Waals surface area contributed by atoms with Gasteiger partial charge >= 0.3 is 0 Å². The summed E-state index contributed by atoms with van der Waals surface area (Å²) in [5.41, 5.74) is 0.796. The number of aliphatic hydroxyl groups excluding tert-OH is 2. The van der Waals surface area contributed by atoms with Crippen LogP contribution in [0.3, 0.4) is 0 Å². The summed E-state index contributed by atoms with van der Waals surface area (Å²) in [6.07, 6.45) is 4.08. The molecule has 2 aromatic rings. The van der Waals surface area contributed by atoms with Gasteiger partial charge in [-0.1, -0.05) is 18.2 Å². The first-order valence-electron chi connectivity index (χ1n) is 5.96. The number of hydrogen-bond acceptors (Lipinski definition) is 3. The van der Waals surface area contributed by atoms with E-state index in [-0.39, 0.29) is 5.92 Å². The average molecular weight is 229 g/mol. The van der Waals surface area contributed by atoms with Crippen LogP contribution in [0.5, 0.6) is 0 Å². The van der Waals surface area contributed by atoms with Crippen molar-refractivity contribution in [1.82, 2.24) is 4.98 Å². The van der Waals surface area contributed by atoms with E-state index in [1.807, 2.05) is 24.3 Å². The summed E-state index contributed by atoms with van der Waals surface area (Å²) < 4.78 is 0. The highest BCUT2D eigenvalue weighted by molar-refractivity contribution is 5.85. The summed E-state index contributed by atoms with van der Waals surface area (Å²) in [6.45, 7) is 0. The van der Waals surface area contributed by atoms with E-state index in [2.05, 4.69) is 4.98 Å². The zero-order chi connectivity index (χ0) is 11.8. The van der Waals surface area contributed by atoms with Crippen LogP contribution in [0.2, 0.25) is 0 Å². The molecule has 1 aliphatic carbocycles. The van der Waals surface area contributed by atoms with Gasteiger partial charge in [-0.05, 0) is 35.8 Å². The molecule has 0 saturated heterocycles. The van der Waals surface area contributed by atoms with E-state index in [9.17, 15) is 10.2 Å². The number of benzene rings is 1. The molecular formula is C14H15NO2. The van der Waals surface area contributed by atoms with Crippen LogP contribution < -0.4 is 0 Å². The summed E-state index contributed by atoms with van der Waals surface area (Å²) in [4.78, 5) is 4.06. The maximum atomic E-state index is 10.2. The van der Waals surface area contributed by atoms with Gasteiger partial charge in [-0.15, -0.1) is 0 Å². The maximum absolute atomic E-state index is 10.2. The molecule has 2 atom stereocenters. The number of pyridine rings is 1. The molecule has 88 valence electrons. The topological polar surface area (TPSA) is 53.4 Å². The largest absolute Gasteiger partial charge is 0.390 e. The Bertz CT molecular complexity index is 531. The van der Waals surface area contributed by atoms with Crippen LogP contribution in [0.25, 0.3) is 10.8 Å². The van der Waals surface area contributed by atoms with Crippen molar-refractivity contribution in [2.45, 2.75) is 25.0 Å². The van der Waals surface area contributed by atoms with Gasteiger partial charge in [0, 0.05) is 17.8 Å². The van der Waals surface area contributed by atoms with Crippen LogP contribution in [0.1, 0.15) is 24.5 Å². The van der Waals surface area contributed by atoms with Crippen molar-refractivity contribution < 1.29 is 10.2 Å². The Morgan fingerprint density at radius 2 is 2.00 bits per heavy atom. The minimum Gasteiger partial charge on any atom is -0.390 e. The molecule has 3 heteroatoms. The lowest BCUT2D eigenvalue weighted by Crippen LogP contribution is -2.20. The molecule has 0 amide bonds. The minimum absolute atomic E-state index is 0.266. The Balaban J connectivity index is 2.03. The quantitative estimate of drug-likeness (QED) is 0.846. The van der Waals surface area contributed by atoms with Crippen molar-refractivity contribution in [2.75, 3.05) is 0 Å². The highest BCUT2D eigenvalue weighted by Gasteiger charge is 2.35. The lowest BCUT2D eigenvalue weighted by Gasteiger charge is -2.19. The van der Waals surface area contributed by atoms with Crippen LogP contribution in [0.4, 0.5) is 0 Å².